The molecule has 0 bridgehead atoms. The quantitative estimate of drug-likeness (QED) is 0.733. The van der Waals surface area contributed by atoms with Gasteiger partial charge in [0, 0.05) is 12.6 Å². The number of nitrogens with one attached hydrogen (secondary N) is 1. The van der Waals surface area contributed by atoms with Gasteiger partial charge in [0.15, 0.2) is 5.78 Å². The van der Waals surface area contributed by atoms with Crippen LogP contribution in [-0.2, 0) is 11.3 Å². The molecule has 23 heavy (non-hydrogen) atoms. The van der Waals surface area contributed by atoms with Gasteiger partial charge in [0.2, 0.25) is 0 Å². The lowest BCUT2D eigenvalue weighted by molar-refractivity contribution is -0.123. The predicted molar refractivity (Wildman–Crippen MR) is 91.4 cm³/mol. The van der Waals surface area contributed by atoms with E-state index in [4.69, 9.17) is 5.11 Å². The zero-order valence-corrected chi connectivity index (χ0v) is 14.5. The summed E-state index contributed by atoms with van der Waals surface area (Å²) in [6, 6.07) is 9.52. The molecule has 0 heterocycles. The first-order valence-electron chi connectivity index (χ1n) is 8.09. The molecule has 0 saturated carbocycles. The van der Waals surface area contributed by atoms with E-state index in [0.717, 1.165) is 5.56 Å². The highest BCUT2D eigenvalue weighted by molar-refractivity contribution is 5.88. The van der Waals surface area contributed by atoms with E-state index in [-0.39, 0.29) is 24.3 Å². The maximum absolute atomic E-state index is 12.6. The van der Waals surface area contributed by atoms with Crippen molar-refractivity contribution in [3.8, 4) is 0 Å². The number of carbonyl (C=O) groups is 2. The number of carbonyl (C=O) groups excluding carboxylic acids is 1. The maximum atomic E-state index is 12.6. The summed E-state index contributed by atoms with van der Waals surface area (Å²) in [6.45, 7) is 8.95. The summed E-state index contributed by atoms with van der Waals surface area (Å²) < 4.78 is 0. The van der Waals surface area contributed by atoms with E-state index in [9.17, 15) is 9.59 Å². The molecule has 1 aromatic carbocycles. The van der Waals surface area contributed by atoms with E-state index >= 15 is 0 Å². The molecule has 1 aromatic rings. The second-order valence-corrected chi connectivity index (χ2v) is 6.58. The number of ketones is 1. The molecule has 0 saturated heterocycles. The van der Waals surface area contributed by atoms with Crippen molar-refractivity contribution in [1.82, 2.24) is 10.2 Å². The van der Waals surface area contributed by atoms with E-state index in [1.165, 1.54) is 0 Å². The monoisotopic (exact) mass is 320 g/mol. The summed E-state index contributed by atoms with van der Waals surface area (Å²) in [5.74, 6) is 0.170. The summed E-state index contributed by atoms with van der Waals surface area (Å²) in [4.78, 5) is 25.5. The lowest BCUT2D eigenvalue weighted by Gasteiger charge is -2.28. The van der Waals surface area contributed by atoms with Crippen LogP contribution < -0.4 is 5.32 Å². The van der Waals surface area contributed by atoms with Gasteiger partial charge < -0.3 is 10.4 Å². The third-order valence-corrected chi connectivity index (χ3v) is 3.71. The molecular weight excluding hydrogens is 292 g/mol. The molecule has 128 valence electrons. The highest BCUT2D eigenvalue weighted by Crippen LogP contribution is 2.11. The largest absolute Gasteiger partial charge is 0.465 e. The van der Waals surface area contributed by atoms with Crippen LogP contribution in [0.2, 0.25) is 0 Å². The van der Waals surface area contributed by atoms with Crippen LogP contribution >= 0.6 is 0 Å². The average Bonchev–Trinajstić information content (AvgIpc) is 2.45. The van der Waals surface area contributed by atoms with Crippen LogP contribution in [0.15, 0.2) is 30.3 Å². The number of benzene rings is 1. The zero-order chi connectivity index (χ0) is 17.4. The fourth-order valence-corrected chi connectivity index (χ4v) is 2.44. The molecule has 0 aliphatic rings. The van der Waals surface area contributed by atoms with Gasteiger partial charge in [-0.2, -0.15) is 0 Å². The van der Waals surface area contributed by atoms with E-state index in [1.54, 1.807) is 0 Å². The Hall–Kier alpha value is -1.88. The zero-order valence-electron chi connectivity index (χ0n) is 14.5. The number of Topliss-reactive ketones (excluding diaryl/α,β-unsaturated/α-hetero) is 1. The Morgan fingerprint density at radius 3 is 2.22 bits per heavy atom. The van der Waals surface area contributed by atoms with Crippen molar-refractivity contribution < 1.29 is 14.7 Å². The Labute approximate surface area is 138 Å². The van der Waals surface area contributed by atoms with Crippen molar-refractivity contribution in [2.75, 3.05) is 6.54 Å². The minimum Gasteiger partial charge on any atom is -0.465 e. The van der Waals surface area contributed by atoms with Crippen LogP contribution in [-0.4, -0.2) is 40.5 Å². The lowest BCUT2D eigenvalue weighted by Crippen LogP contribution is -2.46. The van der Waals surface area contributed by atoms with E-state index in [1.807, 2.05) is 58.0 Å². The minimum absolute atomic E-state index is 0.0780. The van der Waals surface area contributed by atoms with Gasteiger partial charge in [-0.3, -0.25) is 9.69 Å². The molecule has 0 spiro atoms. The molecule has 5 heteroatoms. The number of amides is 1. The highest BCUT2D eigenvalue weighted by atomic mass is 16.4. The van der Waals surface area contributed by atoms with Crippen molar-refractivity contribution in [3.05, 3.63) is 35.9 Å². The highest BCUT2D eigenvalue weighted by Gasteiger charge is 2.24. The second-order valence-electron chi connectivity index (χ2n) is 6.58. The minimum atomic E-state index is -1.15. The molecule has 2 N–H and O–H groups in total. The van der Waals surface area contributed by atoms with Gasteiger partial charge in [-0.25, -0.2) is 4.79 Å². The van der Waals surface area contributed by atoms with Crippen LogP contribution in [0.4, 0.5) is 4.79 Å². The van der Waals surface area contributed by atoms with Crippen LogP contribution in [0.25, 0.3) is 0 Å². The summed E-state index contributed by atoms with van der Waals surface area (Å²) >= 11 is 0. The molecular formula is C18H28N2O3. The Kier molecular flexibility index (Phi) is 7.75. The first kappa shape index (κ1) is 19.2. The Morgan fingerprint density at radius 2 is 1.74 bits per heavy atom. The fraction of sp³-hybridized carbons (Fsp3) is 0.556. The van der Waals surface area contributed by atoms with Crippen LogP contribution in [0.1, 0.15) is 39.7 Å². The third kappa shape index (κ3) is 7.28. The molecule has 0 aliphatic heterocycles. The van der Waals surface area contributed by atoms with Crippen molar-refractivity contribution >= 4 is 11.9 Å². The SMILES string of the molecule is CC(C)C[C@H](NC(=O)O)C(=O)CN(Cc1ccccc1)C(C)C. The van der Waals surface area contributed by atoms with E-state index in [0.29, 0.717) is 13.0 Å². The van der Waals surface area contributed by atoms with Gasteiger partial charge in [0.05, 0.1) is 12.6 Å². The van der Waals surface area contributed by atoms with Crippen molar-refractivity contribution in [2.24, 2.45) is 5.92 Å². The second kappa shape index (κ2) is 9.30. The molecule has 1 atom stereocenters. The molecule has 0 aromatic heterocycles. The van der Waals surface area contributed by atoms with Crippen molar-refractivity contribution in [3.63, 3.8) is 0 Å². The Bertz CT molecular complexity index is 500. The Balaban J connectivity index is 2.76. The number of carboxylic acid groups (broad SMARTS) is 1. The molecule has 1 amide bonds. The first-order chi connectivity index (χ1) is 10.8. The number of nitrogens with zero attached hydrogens (tertiary/aromatic N) is 1. The normalized spacial score (nSPS) is 12.7. The van der Waals surface area contributed by atoms with Gasteiger partial charge in [-0.1, -0.05) is 44.2 Å². The van der Waals surface area contributed by atoms with Gasteiger partial charge >= 0.3 is 6.09 Å². The topological polar surface area (TPSA) is 69.6 Å². The summed E-state index contributed by atoms with van der Waals surface area (Å²) in [5.41, 5.74) is 1.14. The van der Waals surface area contributed by atoms with Crippen LogP contribution in [0, 0.1) is 5.92 Å². The molecule has 0 aliphatic carbocycles. The number of hydrogen-bond donors (Lipinski definition) is 2. The van der Waals surface area contributed by atoms with Crippen molar-refractivity contribution in [1.29, 1.82) is 0 Å². The Morgan fingerprint density at radius 1 is 1.13 bits per heavy atom. The number of rotatable bonds is 9. The number of hydrogen-bond acceptors (Lipinski definition) is 3. The van der Waals surface area contributed by atoms with Gasteiger partial charge in [0.25, 0.3) is 0 Å². The van der Waals surface area contributed by atoms with Crippen LogP contribution in [0.3, 0.4) is 0 Å². The molecule has 1 rings (SSSR count). The van der Waals surface area contributed by atoms with E-state index < -0.39 is 12.1 Å². The van der Waals surface area contributed by atoms with Gasteiger partial charge in [0.1, 0.15) is 0 Å². The fourth-order valence-electron chi connectivity index (χ4n) is 2.44. The van der Waals surface area contributed by atoms with Crippen molar-refractivity contribution in [2.45, 2.75) is 52.7 Å². The van der Waals surface area contributed by atoms with E-state index in [2.05, 4.69) is 10.2 Å². The maximum Gasteiger partial charge on any atom is 0.405 e. The molecule has 0 radical (unpaired) electrons. The predicted octanol–water partition coefficient (Wildman–Crippen LogP) is 3.15. The summed E-state index contributed by atoms with van der Waals surface area (Å²) in [7, 11) is 0. The van der Waals surface area contributed by atoms with Gasteiger partial charge in [-0.15, -0.1) is 0 Å². The lowest BCUT2D eigenvalue weighted by atomic mass is 9.99. The smallest absolute Gasteiger partial charge is 0.405 e. The summed E-state index contributed by atoms with van der Waals surface area (Å²) in [5, 5.41) is 11.3. The molecule has 5 nitrogen and oxygen atoms in total. The average molecular weight is 320 g/mol. The summed E-state index contributed by atoms with van der Waals surface area (Å²) in [6.07, 6.45) is -0.634. The molecule has 0 fully saturated rings. The third-order valence-electron chi connectivity index (χ3n) is 3.71. The van der Waals surface area contributed by atoms with Crippen LogP contribution in [0.5, 0.6) is 0 Å². The molecule has 0 unspecified atom stereocenters. The van der Waals surface area contributed by atoms with Gasteiger partial charge in [-0.05, 0) is 31.7 Å². The standard InChI is InChI=1S/C18H28N2O3/c1-13(2)10-16(19-18(22)23)17(21)12-20(14(3)4)11-15-8-6-5-7-9-15/h5-9,13-14,16,19H,10-12H2,1-4H3,(H,22,23)/t16-/m0/s1. The first-order valence-corrected chi connectivity index (χ1v) is 8.09.